The van der Waals surface area contributed by atoms with E-state index in [0.717, 1.165) is 36.0 Å². The fourth-order valence-corrected chi connectivity index (χ4v) is 9.96. The minimum Gasteiger partial charge on any atom is -0.393 e. The first-order valence-electron chi connectivity index (χ1n) is 13.7. The lowest BCUT2D eigenvalue weighted by Crippen LogP contribution is -2.59. The SMILES string of the molecule is CC(C)=C(C)CC[C@@H](C)[C@H]1CC[C@H]2[C@@H]3CCC4C(C)(C)C(O)CC[C@]4(C)[C@H]3CC[C@]12C. The van der Waals surface area contributed by atoms with E-state index in [1.54, 1.807) is 5.57 Å². The van der Waals surface area contributed by atoms with Crippen LogP contribution in [-0.4, -0.2) is 11.2 Å². The topological polar surface area (TPSA) is 20.2 Å². The van der Waals surface area contributed by atoms with Gasteiger partial charge in [-0.15, -0.1) is 0 Å². The number of aliphatic hydroxyl groups is 1. The molecular weight excluding hydrogens is 376 g/mol. The van der Waals surface area contributed by atoms with Gasteiger partial charge in [-0.05, 0) is 137 Å². The van der Waals surface area contributed by atoms with Gasteiger partial charge in [-0.25, -0.2) is 0 Å². The molecule has 1 N–H and O–H groups in total. The number of hydrogen-bond donors (Lipinski definition) is 1. The third-order valence-electron chi connectivity index (χ3n) is 12.2. The number of fused-ring (bicyclic) bond motifs is 5. The molecule has 0 aliphatic heterocycles. The molecule has 4 aliphatic rings. The maximum atomic E-state index is 10.8. The zero-order chi connectivity index (χ0) is 22.8. The van der Waals surface area contributed by atoms with Gasteiger partial charge in [0.15, 0.2) is 0 Å². The normalized spacial score (nSPS) is 47.1. The quantitative estimate of drug-likeness (QED) is 0.445. The first kappa shape index (κ1) is 23.8. The Morgan fingerprint density at radius 3 is 2.16 bits per heavy atom. The van der Waals surface area contributed by atoms with E-state index >= 15 is 0 Å². The molecule has 1 nitrogen and oxygen atoms in total. The highest BCUT2D eigenvalue weighted by Gasteiger charge is 2.63. The van der Waals surface area contributed by atoms with E-state index in [-0.39, 0.29) is 11.5 Å². The van der Waals surface area contributed by atoms with E-state index < -0.39 is 0 Å². The number of aliphatic hydroxyl groups excluding tert-OH is 1. The smallest absolute Gasteiger partial charge is 0.0594 e. The van der Waals surface area contributed by atoms with Crippen LogP contribution in [0.1, 0.15) is 120 Å². The molecule has 31 heavy (non-hydrogen) atoms. The van der Waals surface area contributed by atoms with Crippen LogP contribution in [0.3, 0.4) is 0 Å². The summed E-state index contributed by atoms with van der Waals surface area (Å²) in [5, 5.41) is 10.8. The van der Waals surface area contributed by atoms with Gasteiger partial charge in [-0.2, -0.15) is 0 Å². The minimum absolute atomic E-state index is 0.0915. The van der Waals surface area contributed by atoms with E-state index in [1.807, 2.05) is 0 Å². The van der Waals surface area contributed by atoms with Crippen molar-refractivity contribution < 1.29 is 5.11 Å². The molecule has 4 rings (SSSR count). The van der Waals surface area contributed by atoms with Crippen molar-refractivity contribution in [1.29, 1.82) is 0 Å². The molecule has 0 aromatic carbocycles. The van der Waals surface area contributed by atoms with Crippen LogP contribution in [0, 0.1) is 51.8 Å². The molecule has 9 atom stereocenters. The van der Waals surface area contributed by atoms with Crippen LogP contribution in [0.15, 0.2) is 11.1 Å². The summed E-state index contributed by atoms with van der Waals surface area (Å²) in [4.78, 5) is 0. The summed E-state index contributed by atoms with van der Waals surface area (Å²) in [6.07, 6.45) is 13.5. The van der Waals surface area contributed by atoms with Gasteiger partial charge in [0.2, 0.25) is 0 Å². The molecule has 0 radical (unpaired) electrons. The van der Waals surface area contributed by atoms with Crippen LogP contribution in [0.4, 0.5) is 0 Å². The Kier molecular flexibility index (Phi) is 6.29. The second kappa shape index (κ2) is 8.18. The van der Waals surface area contributed by atoms with Gasteiger partial charge in [-0.1, -0.05) is 45.8 Å². The van der Waals surface area contributed by atoms with E-state index in [9.17, 15) is 5.11 Å². The molecular formula is C30H52O. The lowest BCUT2D eigenvalue weighted by Gasteiger charge is -2.64. The van der Waals surface area contributed by atoms with E-state index in [0.29, 0.717) is 16.7 Å². The summed E-state index contributed by atoms with van der Waals surface area (Å²) in [5.41, 5.74) is 4.26. The Bertz CT molecular complexity index is 699. The summed E-state index contributed by atoms with van der Waals surface area (Å²) >= 11 is 0. The van der Waals surface area contributed by atoms with Gasteiger partial charge in [0.25, 0.3) is 0 Å². The van der Waals surface area contributed by atoms with Gasteiger partial charge in [0, 0.05) is 0 Å². The Labute approximate surface area is 193 Å². The average Bonchev–Trinajstić information content (AvgIpc) is 3.06. The molecule has 2 unspecified atom stereocenters. The van der Waals surface area contributed by atoms with Crippen molar-refractivity contribution >= 4 is 0 Å². The summed E-state index contributed by atoms with van der Waals surface area (Å²) in [6.45, 7) is 19.6. The molecule has 0 amide bonds. The number of allylic oxidation sites excluding steroid dienone is 2. The van der Waals surface area contributed by atoms with E-state index in [2.05, 4.69) is 55.4 Å². The Morgan fingerprint density at radius 1 is 0.839 bits per heavy atom. The molecule has 4 saturated carbocycles. The van der Waals surface area contributed by atoms with Crippen molar-refractivity contribution in [2.45, 2.75) is 126 Å². The van der Waals surface area contributed by atoms with Crippen molar-refractivity contribution in [3.63, 3.8) is 0 Å². The standard InChI is InChI=1S/C30H52O/c1-19(2)20(3)9-10-21(4)23-12-13-24-22-11-14-26-28(5,6)27(31)16-18-30(26,8)25(22)15-17-29(23,24)7/h21-27,31H,9-18H2,1-8H3/t21-,22+,23-,24+,25+,26?,27?,29-,30-/m1/s1. The highest BCUT2D eigenvalue weighted by molar-refractivity contribution is 5.13. The van der Waals surface area contributed by atoms with Gasteiger partial charge in [0.05, 0.1) is 6.10 Å². The second-order valence-electron chi connectivity index (χ2n) is 13.9. The monoisotopic (exact) mass is 428 g/mol. The van der Waals surface area contributed by atoms with Crippen molar-refractivity contribution in [1.82, 2.24) is 0 Å². The highest BCUT2D eigenvalue weighted by atomic mass is 16.3. The van der Waals surface area contributed by atoms with Crippen LogP contribution in [0.5, 0.6) is 0 Å². The molecule has 4 fully saturated rings. The largest absolute Gasteiger partial charge is 0.393 e. The summed E-state index contributed by atoms with van der Waals surface area (Å²) in [5.74, 6) is 5.30. The molecule has 0 spiro atoms. The average molecular weight is 429 g/mol. The predicted molar refractivity (Wildman–Crippen MR) is 133 cm³/mol. The first-order chi connectivity index (χ1) is 14.4. The maximum Gasteiger partial charge on any atom is 0.0594 e. The summed E-state index contributed by atoms with van der Waals surface area (Å²) in [7, 11) is 0. The number of rotatable bonds is 4. The van der Waals surface area contributed by atoms with Crippen LogP contribution >= 0.6 is 0 Å². The van der Waals surface area contributed by atoms with Crippen molar-refractivity contribution in [2.75, 3.05) is 0 Å². The Morgan fingerprint density at radius 2 is 1.48 bits per heavy atom. The van der Waals surface area contributed by atoms with Gasteiger partial charge >= 0.3 is 0 Å². The first-order valence-corrected chi connectivity index (χ1v) is 13.7. The van der Waals surface area contributed by atoms with Crippen LogP contribution in [0.2, 0.25) is 0 Å². The zero-order valence-corrected chi connectivity index (χ0v) is 22.1. The van der Waals surface area contributed by atoms with Crippen LogP contribution < -0.4 is 0 Å². The van der Waals surface area contributed by atoms with Crippen molar-refractivity contribution in [2.24, 2.45) is 51.8 Å². The third kappa shape index (κ3) is 3.68. The van der Waals surface area contributed by atoms with Gasteiger partial charge < -0.3 is 5.11 Å². The van der Waals surface area contributed by atoms with E-state index in [4.69, 9.17) is 0 Å². The summed E-state index contributed by atoms with van der Waals surface area (Å²) in [6, 6.07) is 0. The summed E-state index contributed by atoms with van der Waals surface area (Å²) < 4.78 is 0. The molecule has 0 aromatic heterocycles. The second-order valence-corrected chi connectivity index (χ2v) is 13.9. The molecule has 1 heteroatoms. The van der Waals surface area contributed by atoms with E-state index in [1.165, 1.54) is 63.4 Å². The highest BCUT2D eigenvalue weighted by Crippen LogP contribution is 2.70. The lowest BCUT2D eigenvalue weighted by molar-refractivity contribution is -0.179. The number of hydrogen-bond acceptors (Lipinski definition) is 1. The van der Waals surface area contributed by atoms with Crippen LogP contribution in [0.25, 0.3) is 0 Å². The zero-order valence-electron chi connectivity index (χ0n) is 22.1. The molecule has 178 valence electrons. The fraction of sp³-hybridized carbons (Fsp3) is 0.933. The fourth-order valence-electron chi connectivity index (χ4n) is 9.96. The molecule has 0 aromatic rings. The predicted octanol–water partition coefficient (Wildman–Crippen LogP) is 8.41. The Hall–Kier alpha value is -0.300. The van der Waals surface area contributed by atoms with Crippen LogP contribution in [-0.2, 0) is 0 Å². The Balaban J connectivity index is 1.51. The molecule has 0 saturated heterocycles. The van der Waals surface area contributed by atoms with Gasteiger partial charge in [0.1, 0.15) is 0 Å². The lowest BCUT2D eigenvalue weighted by atomic mass is 9.41. The van der Waals surface area contributed by atoms with Crippen molar-refractivity contribution in [3.05, 3.63) is 11.1 Å². The molecule has 0 bridgehead atoms. The maximum absolute atomic E-state index is 10.8. The minimum atomic E-state index is -0.100. The third-order valence-corrected chi connectivity index (χ3v) is 12.2. The molecule has 4 aliphatic carbocycles. The van der Waals surface area contributed by atoms with Crippen molar-refractivity contribution in [3.8, 4) is 0 Å². The molecule has 0 heterocycles. The van der Waals surface area contributed by atoms with Gasteiger partial charge in [-0.3, -0.25) is 0 Å².